The first kappa shape index (κ1) is 34.5. The van der Waals surface area contributed by atoms with Gasteiger partial charge in [0.25, 0.3) is 5.91 Å². The van der Waals surface area contributed by atoms with Crippen LogP contribution in [0.15, 0.2) is 36.4 Å². The SMILES string of the molecule is C[C@H](NC(=O)CCC(F)(F)F)NC(=O)c1ccc(/C(F)=C/C(c2cc(Cl)c(Cl)c(Cl)c2)C(F)(F)F)cc1C(F)(F)F. The highest BCUT2D eigenvalue weighted by Crippen LogP contribution is 2.42. The topological polar surface area (TPSA) is 58.2 Å². The van der Waals surface area contributed by atoms with Crippen molar-refractivity contribution in [2.45, 2.75) is 50.4 Å². The van der Waals surface area contributed by atoms with E-state index in [-0.39, 0.29) is 17.2 Å². The second-order valence-corrected chi connectivity index (χ2v) is 9.66. The summed E-state index contributed by atoms with van der Waals surface area (Å²) in [6.07, 6.45) is -19.0. The predicted molar refractivity (Wildman–Crippen MR) is 131 cm³/mol. The third kappa shape index (κ3) is 9.96. The largest absolute Gasteiger partial charge is 0.417 e. The van der Waals surface area contributed by atoms with Gasteiger partial charge in [-0.2, -0.15) is 39.5 Å². The Morgan fingerprint density at radius 2 is 1.46 bits per heavy atom. The van der Waals surface area contributed by atoms with Crippen LogP contribution in [0.25, 0.3) is 5.83 Å². The lowest BCUT2D eigenvalue weighted by Gasteiger charge is -2.20. The molecule has 0 aliphatic rings. The summed E-state index contributed by atoms with van der Waals surface area (Å²) < 4.78 is 134. The van der Waals surface area contributed by atoms with Crippen LogP contribution in [-0.4, -0.2) is 30.3 Å². The van der Waals surface area contributed by atoms with E-state index in [4.69, 9.17) is 34.8 Å². The molecule has 0 bridgehead atoms. The zero-order valence-corrected chi connectivity index (χ0v) is 22.5. The Balaban J connectivity index is 2.39. The first-order valence-corrected chi connectivity index (χ1v) is 12.2. The number of amides is 2. The Morgan fingerprint density at radius 3 is 1.95 bits per heavy atom. The van der Waals surface area contributed by atoms with Crippen molar-refractivity contribution >= 4 is 52.4 Å². The summed E-state index contributed by atoms with van der Waals surface area (Å²) in [5, 5.41) is 2.82. The first-order chi connectivity index (χ1) is 18.6. The maximum Gasteiger partial charge on any atom is 0.417 e. The van der Waals surface area contributed by atoms with Crippen molar-refractivity contribution in [1.29, 1.82) is 0 Å². The minimum Gasteiger partial charge on any atom is -0.336 e. The normalized spacial score (nSPS) is 14.4. The molecule has 2 rings (SSSR count). The van der Waals surface area contributed by atoms with Crippen LogP contribution >= 0.6 is 34.8 Å². The molecule has 17 heteroatoms. The Morgan fingerprint density at radius 1 is 0.902 bits per heavy atom. The number of carbonyl (C=O) groups excluding carboxylic acids is 2. The van der Waals surface area contributed by atoms with Crippen LogP contribution in [0.4, 0.5) is 43.9 Å². The van der Waals surface area contributed by atoms with Crippen molar-refractivity contribution in [3.63, 3.8) is 0 Å². The smallest absolute Gasteiger partial charge is 0.336 e. The van der Waals surface area contributed by atoms with Crippen LogP contribution in [-0.2, 0) is 11.0 Å². The fraction of sp³-hybridized carbons (Fsp3) is 0.333. The molecule has 0 saturated heterocycles. The maximum absolute atomic E-state index is 15.0. The second-order valence-electron chi connectivity index (χ2n) is 8.47. The summed E-state index contributed by atoms with van der Waals surface area (Å²) in [7, 11) is 0. The maximum atomic E-state index is 15.0. The van der Waals surface area contributed by atoms with Crippen LogP contribution in [0.5, 0.6) is 0 Å². The van der Waals surface area contributed by atoms with Gasteiger partial charge in [-0.15, -0.1) is 0 Å². The molecular weight excluding hydrogens is 645 g/mol. The lowest BCUT2D eigenvalue weighted by molar-refractivity contribution is -0.144. The molecule has 0 aliphatic carbocycles. The van der Waals surface area contributed by atoms with E-state index in [0.717, 1.165) is 19.1 Å². The van der Waals surface area contributed by atoms with Crippen molar-refractivity contribution in [1.82, 2.24) is 10.6 Å². The van der Waals surface area contributed by atoms with Gasteiger partial charge < -0.3 is 10.6 Å². The lowest BCUT2D eigenvalue weighted by Crippen LogP contribution is -2.46. The molecule has 0 saturated carbocycles. The van der Waals surface area contributed by atoms with E-state index in [9.17, 15) is 53.5 Å². The molecule has 2 atom stereocenters. The fourth-order valence-electron chi connectivity index (χ4n) is 3.38. The van der Waals surface area contributed by atoms with Gasteiger partial charge in [-0.05, 0) is 42.8 Å². The molecule has 4 nitrogen and oxygen atoms in total. The van der Waals surface area contributed by atoms with Gasteiger partial charge in [-0.3, -0.25) is 9.59 Å². The summed E-state index contributed by atoms with van der Waals surface area (Å²) in [5.41, 5.74) is -4.48. The number of rotatable bonds is 8. The fourth-order valence-corrected chi connectivity index (χ4v) is 3.99. The van der Waals surface area contributed by atoms with Gasteiger partial charge in [-0.25, -0.2) is 4.39 Å². The number of benzene rings is 2. The molecule has 0 fully saturated rings. The molecule has 0 aromatic heterocycles. The Kier molecular flexibility index (Phi) is 11.0. The van der Waals surface area contributed by atoms with E-state index in [2.05, 4.69) is 0 Å². The average molecular weight is 662 g/mol. The Hall–Kier alpha value is -2.71. The molecular formula is C24H17Cl3F10N2O2. The van der Waals surface area contributed by atoms with Crippen molar-refractivity contribution in [2.24, 2.45) is 0 Å². The molecule has 0 radical (unpaired) electrons. The molecule has 2 amide bonds. The number of hydrogen-bond donors (Lipinski definition) is 2. The molecule has 2 aromatic rings. The quantitative estimate of drug-likeness (QED) is 0.169. The van der Waals surface area contributed by atoms with E-state index in [1.165, 1.54) is 0 Å². The van der Waals surface area contributed by atoms with Crippen LogP contribution in [0.1, 0.15) is 52.7 Å². The summed E-state index contributed by atoms with van der Waals surface area (Å²) in [6.45, 7) is 1.06. The highest BCUT2D eigenvalue weighted by molar-refractivity contribution is 6.48. The molecule has 0 heterocycles. The zero-order chi connectivity index (χ0) is 31.5. The van der Waals surface area contributed by atoms with E-state index < -0.39 is 93.4 Å². The summed E-state index contributed by atoms with van der Waals surface area (Å²) in [5.74, 6) is -7.07. The van der Waals surface area contributed by atoms with E-state index in [1.54, 1.807) is 0 Å². The second kappa shape index (κ2) is 13.1. The molecule has 2 N–H and O–H groups in total. The number of hydrogen-bond acceptors (Lipinski definition) is 2. The number of halogens is 13. The van der Waals surface area contributed by atoms with Gasteiger partial charge in [0.2, 0.25) is 5.91 Å². The zero-order valence-electron chi connectivity index (χ0n) is 20.3. The average Bonchev–Trinajstić information content (AvgIpc) is 2.82. The minimum atomic E-state index is -5.30. The van der Waals surface area contributed by atoms with Crippen LogP contribution in [0.3, 0.4) is 0 Å². The van der Waals surface area contributed by atoms with Gasteiger partial charge in [0.1, 0.15) is 11.7 Å². The number of carbonyl (C=O) groups is 2. The van der Waals surface area contributed by atoms with Crippen molar-refractivity contribution in [3.05, 3.63) is 73.7 Å². The van der Waals surface area contributed by atoms with Crippen LogP contribution in [0.2, 0.25) is 15.1 Å². The van der Waals surface area contributed by atoms with Gasteiger partial charge in [0, 0.05) is 12.0 Å². The highest BCUT2D eigenvalue weighted by Gasteiger charge is 2.41. The van der Waals surface area contributed by atoms with E-state index in [1.807, 2.05) is 10.6 Å². The monoisotopic (exact) mass is 660 g/mol. The summed E-state index contributed by atoms with van der Waals surface area (Å²) in [4.78, 5) is 24.0. The van der Waals surface area contributed by atoms with Crippen molar-refractivity contribution in [3.8, 4) is 0 Å². The predicted octanol–water partition coefficient (Wildman–Crippen LogP) is 8.86. The highest BCUT2D eigenvalue weighted by atomic mass is 35.5. The standard InChI is InChI=1S/C24H17Cl3F10N2O2/c1-10(38-19(40)4-5-22(29,30)31)39-21(41)13-3-2-11(6-15(13)24(35,36)37)18(28)9-14(23(32,33)34)12-7-16(25)20(27)17(26)8-12/h2-3,6-10,14H,4-5H2,1H3,(H,38,40)(H,39,41)/b18-9-/t10-,14?/m1/s1. The Labute approximate surface area is 240 Å². The summed E-state index contributed by atoms with van der Waals surface area (Å²) in [6, 6.07) is 2.71. The first-order valence-electron chi connectivity index (χ1n) is 11.1. The number of alkyl halides is 9. The van der Waals surface area contributed by atoms with Gasteiger partial charge in [-0.1, -0.05) is 40.9 Å². The van der Waals surface area contributed by atoms with Crippen LogP contribution in [0, 0.1) is 0 Å². The van der Waals surface area contributed by atoms with Gasteiger partial charge >= 0.3 is 18.5 Å². The van der Waals surface area contributed by atoms with Crippen molar-refractivity contribution < 1.29 is 53.5 Å². The minimum absolute atomic E-state index is 0.0102. The molecule has 0 aliphatic heterocycles. The summed E-state index contributed by atoms with van der Waals surface area (Å²) >= 11 is 17.2. The van der Waals surface area contributed by atoms with E-state index >= 15 is 0 Å². The van der Waals surface area contributed by atoms with Crippen molar-refractivity contribution in [2.75, 3.05) is 0 Å². The van der Waals surface area contributed by atoms with Gasteiger partial charge in [0.15, 0.2) is 0 Å². The Bertz CT molecular complexity index is 1300. The van der Waals surface area contributed by atoms with Crippen LogP contribution < -0.4 is 10.6 Å². The van der Waals surface area contributed by atoms with Gasteiger partial charge in [0.05, 0.1) is 38.8 Å². The van der Waals surface area contributed by atoms with E-state index in [0.29, 0.717) is 12.1 Å². The molecule has 2 aromatic carbocycles. The third-order valence-corrected chi connectivity index (χ3v) is 6.43. The molecule has 226 valence electrons. The number of allylic oxidation sites excluding steroid dienone is 1. The molecule has 41 heavy (non-hydrogen) atoms. The third-order valence-electron chi connectivity index (χ3n) is 5.24. The number of nitrogens with one attached hydrogen (secondary N) is 2. The molecule has 0 spiro atoms. The molecule has 1 unspecified atom stereocenters. The lowest BCUT2D eigenvalue weighted by atomic mass is 9.95.